The molecule has 1 aliphatic carbocycles. The molecule has 1 N–H and O–H groups in total. The van der Waals surface area contributed by atoms with Gasteiger partial charge in [-0.2, -0.15) is 0 Å². The normalized spacial score (nSPS) is 14.8. The van der Waals surface area contributed by atoms with E-state index in [1.807, 2.05) is 60.7 Å². The molecule has 0 unspecified atom stereocenters. The summed E-state index contributed by atoms with van der Waals surface area (Å²) in [5, 5.41) is 3.98. The van der Waals surface area contributed by atoms with Gasteiger partial charge in [0, 0.05) is 5.02 Å². The lowest BCUT2D eigenvalue weighted by molar-refractivity contribution is -0.124. The van der Waals surface area contributed by atoms with Crippen LogP contribution in [0.2, 0.25) is 5.02 Å². The van der Waals surface area contributed by atoms with Crippen molar-refractivity contribution in [1.29, 1.82) is 0 Å². The molecule has 4 rings (SSSR count). The third-order valence-electron chi connectivity index (χ3n) is 5.12. The second kappa shape index (κ2) is 6.97. The fraction of sp³-hybridized carbons (Fsp3) is 0.174. The topological polar surface area (TPSA) is 29.1 Å². The lowest BCUT2D eigenvalue weighted by atomic mass is 9.92. The Morgan fingerprint density at radius 1 is 0.808 bits per heavy atom. The summed E-state index contributed by atoms with van der Waals surface area (Å²) in [5.41, 5.74) is 2.78. The van der Waals surface area contributed by atoms with Crippen molar-refractivity contribution in [2.75, 3.05) is 0 Å². The van der Waals surface area contributed by atoms with Crippen LogP contribution in [0.5, 0.6) is 0 Å². The molecular formula is C23H20ClNO. The molecule has 1 fully saturated rings. The first-order valence-electron chi connectivity index (χ1n) is 8.86. The first kappa shape index (κ1) is 16.9. The molecule has 130 valence electrons. The van der Waals surface area contributed by atoms with Gasteiger partial charge >= 0.3 is 0 Å². The lowest BCUT2D eigenvalue weighted by Crippen LogP contribution is -2.37. The molecule has 1 amide bonds. The standard InChI is InChI=1S/C23H20ClNO/c24-20-13-11-19(12-14-20)23(15-16-23)22(26)25-21(17-7-3-1-4-8-17)18-9-5-2-6-10-18/h1-14,21H,15-16H2,(H,25,26). The number of carbonyl (C=O) groups excluding carboxylic acids is 1. The van der Waals surface area contributed by atoms with Crippen LogP contribution in [-0.2, 0) is 10.2 Å². The van der Waals surface area contributed by atoms with E-state index in [1.165, 1.54) is 0 Å². The Hall–Kier alpha value is -2.58. The summed E-state index contributed by atoms with van der Waals surface area (Å²) in [4.78, 5) is 13.2. The van der Waals surface area contributed by atoms with E-state index >= 15 is 0 Å². The van der Waals surface area contributed by atoms with Gasteiger partial charge in [0.05, 0.1) is 11.5 Å². The SMILES string of the molecule is O=C(NC(c1ccccc1)c1ccccc1)C1(c2ccc(Cl)cc2)CC1. The zero-order valence-corrected chi connectivity index (χ0v) is 15.1. The molecule has 0 saturated heterocycles. The molecule has 3 heteroatoms. The molecule has 0 bridgehead atoms. The third-order valence-corrected chi connectivity index (χ3v) is 5.37. The van der Waals surface area contributed by atoms with Gasteiger partial charge in [-0.15, -0.1) is 0 Å². The minimum Gasteiger partial charge on any atom is -0.344 e. The highest BCUT2D eigenvalue weighted by molar-refractivity contribution is 6.30. The number of carbonyl (C=O) groups is 1. The van der Waals surface area contributed by atoms with Crippen molar-refractivity contribution < 1.29 is 4.79 Å². The van der Waals surface area contributed by atoms with Gasteiger partial charge in [-0.25, -0.2) is 0 Å². The van der Waals surface area contributed by atoms with Crippen molar-refractivity contribution in [1.82, 2.24) is 5.32 Å². The van der Waals surface area contributed by atoms with E-state index in [1.54, 1.807) is 0 Å². The van der Waals surface area contributed by atoms with Crippen LogP contribution in [0.3, 0.4) is 0 Å². The maximum Gasteiger partial charge on any atom is 0.231 e. The van der Waals surface area contributed by atoms with Crippen LogP contribution in [0.4, 0.5) is 0 Å². The fourth-order valence-corrected chi connectivity index (χ4v) is 3.59. The number of rotatable bonds is 5. The van der Waals surface area contributed by atoms with Crippen molar-refractivity contribution in [2.45, 2.75) is 24.3 Å². The molecular weight excluding hydrogens is 342 g/mol. The van der Waals surface area contributed by atoms with Crippen molar-refractivity contribution >= 4 is 17.5 Å². The van der Waals surface area contributed by atoms with E-state index in [9.17, 15) is 4.79 Å². The summed E-state index contributed by atoms with van der Waals surface area (Å²) >= 11 is 6.01. The van der Waals surface area contributed by atoms with Gasteiger partial charge in [0.15, 0.2) is 0 Å². The molecule has 1 aliphatic rings. The van der Waals surface area contributed by atoms with Gasteiger partial charge in [0.1, 0.15) is 0 Å². The van der Waals surface area contributed by atoms with Crippen LogP contribution >= 0.6 is 11.6 Å². The van der Waals surface area contributed by atoms with Gasteiger partial charge in [-0.05, 0) is 41.7 Å². The minimum atomic E-state index is -0.424. The largest absolute Gasteiger partial charge is 0.344 e. The Kier molecular flexibility index (Phi) is 4.52. The average Bonchev–Trinajstić information content (AvgIpc) is 3.50. The summed E-state index contributed by atoms with van der Waals surface area (Å²) in [6.45, 7) is 0. The predicted octanol–water partition coefficient (Wildman–Crippen LogP) is 5.28. The summed E-state index contributed by atoms with van der Waals surface area (Å²) in [7, 11) is 0. The van der Waals surface area contributed by atoms with Gasteiger partial charge < -0.3 is 5.32 Å². The molecule has 3 aromatic carbocycles. The highest BCUT2D eigenvalue weighted by Gasteiger charge is 2.51. The van der Waals surface area contributed by atoms with E-state index in [0.29, 0.717) is 5.02 Å². The van der Waals surface area contributed by atoms with Gasteiger partial charge in [-0.1, -0.05) is 84.4 Å². The summed E-state index contributed by atoms with van der Waals surface area (Å²) in [6.07, 6.45) is 1.74. The van der Waals surface area contributed by atoms with Crippen LogP contribution < -0.4 is 5.32 Å². The van der Waals surface area contributed by atoms with Crippen LogP contribution in [0, 0.1) is 0 Å². The number of amides is 1. The zero-order chi connectivity index (χ0) is 18.0. The summed E-state index contributed by atoms with van der Waals surface area (Å²) in [6, 6.07) is 27.7. The van der Waals surface area contributed by atoms with Crippen LogP contribution in [0.15, 0.2) is 84.9 Å². The maximum atomic E-state index is 13.2. The van der Waals surface area contributed by atoms with Crippen molar-refractivity contribution in [3.05, 3.63) is 107 Å². The van der Waals surface area contributed by atoms with E-state index in [0.717, 1.165) is 29.5 Å². The number of halogens is 1. The molecule has 3 aromatic rings. The van der Waals surface area contributed by atoms with Crippen molar-refractivity contribution in [2.24, 2.45) is 0 Å². The Morgan fingerprint density at radius 2 is 1.31 bits per heavy atom. The Morgan fingerprint density at radius 3 is 1.77 bits per heavy atom. The first-order valence-corrected chi connectivity index (χ1v) is 9.24. The number of nitrogens with one attached hydrogen (secondary N) is 1. The third kappa shape index (κ3) is 3.25. The van der Waals surface area contributed by atoms with Gasteiger partial charge in [0.25, 0.3) is 0 Å². The van der Waals surface area contributed by atoms with E-state index in [-0.39, 0.29) is 11.9 Å². The second-order valence-electron chi connectivity index (χ2n) is 6.82. The zero-order valence-electron chi connectivity index (χ0n) is 14.4. The number of hydrogen-bond acceptors (Lipinski definition) is 1. The van der Waals surface area contributed by atoms with Crippen LogP contribution in [0.1, 0.15) is 35.6 Å². The maximum absolute atomic E-state index is 13.2. The minimum absolute atomic E-state index is 0.0810. The van der Waals surface area contributed by atoms with Crippen molar-refractivity contribution in [3.8, 4) is 0 Å². The number of benzene rings is 3. The second-order valence-corrected chi connectivity index (χ2v) is 7.25. The van der Waals surface area contributed by atoms with E-state index in [2.05, 4.69) is 29.6 Å². The molecule has 0 spiro atoms. The van der Waals surface area contributed by atoms with E-state index in [4.69, 9.17) is 11.6 Å². The smallest absolute Gasteiger partial charge is 0.231 e. The molecule has 2 nitrogen and oxygen atoms in total. The molecule has 26 heavy (non-hydrogen) atoms. The van der Waals surface area contributed by atoms with Crippen LogP contribution in [0.25, 0.3) is 0 Å². The predicted molar refractivity (Wildman–Crippen MR) is 105 cm³/mol. The van der Waals surface area contributed by atoms with Gasteiger partial charge in [-0.3, -0.25) is 4.79 Å². The highest BCUT2D eigenvalue weighted by Crippen LogP contribution is 2.49. The molecule has 0 radical (unpaired) electrons. The molecule has 1 saturated carbocycles. The lowest BCUT2D eigenvalue weighted by Gasteiger charge is -2.24. The Balaban J connectivity index is 1.64. The molecule has 0 aliphatic heterocycles. The summed E-state index contributed by atoms with van der Waals surface area (Å²) in [5.74, 6) is 0.0810. The summed E-state index contributed by atoms with van der Waals surface area (Å²) < 4.78 is 0. The molecule has 0 aromatic heterocycles. The van der Waals surface area contributed by atoms with Crippen molar-refractivity contribution in [3.63, 3.8) is 0 Å². The van der Waals surface area contributed by atoms with Crippen LogP contribution in [-0.4, -0.2) is 5.91 Å². The Bertz CT molecular complexity index is 847. The number of hydrogen-bond donors (Lipinski definition) is 1. The fourth-order valence-electron chi connectivity index (χ4n) is 3.46. The monoisotopic (exact) mass is 361 g/mol. The Labute approximate surface area is 158 Å². The highest BCUT2D eigenvalue weighted by atomic mass is 35.5. The van der Waals surface area contributed by atoms with Gasteiger partial charge in [0.2, 0.25) is 5.91 Å². The van der Waals surface area contributed by atoms with E-state index < -0.39 is 5.41 Å². The molecule has 0 heterocycles. The average molecular weight is 362 g/mol. The molecule has 0 atom stereocenters. The first-order chi connectivity index (χ1) is 12.7. The quantitative estimate of drug-likeness (QED) is 0.658.